The Hall–Kier alpha value is -2.04. The molecule has 1 saturated heterocycles. The highest BCUT2D eigenvalue weighted by Crippen LogP contribution is 2.15. The molecule has 1 aliphatic rings. The Balaban J connectivity index is 1.82. The van der Waals surface area contributed by atoms with E-state index < -0.39 is 0 Å². The molecule has 5 heteroatoms. The first-order chi connectivity index (χ1) is 9.16. The summed E-state index contributed by atoms with van der Waals surface area (Å²) in [6, 6.07) is 10.2. The summed E-state index contributed by atoms with van der Waals surface area (Å²) in [7, 11) is 0. The van der Waals surface area contributed by atoms with Crippen LogP contribution in [0.3, 0.4) is 0 Å². The predicted octanol–water partition coefficient (Wildman–Crippen LogP) is 0.471. The van der Waals surface area contributed by atoms with Gasteiger partial charge in [-0.15, -0.1) is 0 Å². The van der Waals surface area contributed by atoms with Crippen LogP contribution >= 0.6 is 0 Å². The van der Waals surface area contributed by atoms with Crippen LogP contribution in [0.15, 0.2) is 30.3 Å². The molecule has 0 atom stereocenters. The minimum atomic E-state index is -0.170. The zero-order valence-electron chi connectivity index (χ0n) is 11.1. The highest BCUT2D eigenvalue weighted by molar-refractivity contribution is 5.83. The third-order valence-corrected chi connectivity index (χ3v) is 3.24. The summed E-state index contributed by atoms with van der Waals surface area (Å²) in [6.45, 7) is 4.58. The molecule has 102 valence electrons. The van der Waals surface area contributed by atoms with E-state index in [4.69, 9.17) is 0 Å². The Morgan fingerprint density at radius 2 is 1.74 bits per heavy atom. The first-order valence-corrected chi connectivity index (χ1v) is 6.49. The summed E-state index contributed by atoms with van der Waals surface area (Å²) in [5.74, 6) is -0.181. The first kappa shape index (κ1) is 13.4. The van der Waals surface area contributed by atoms with Crippen molar-refractivity contribution in [3.63, 3.8) is 0 Å². The van der Waals surface area contributed by atoms with Crippen molar-refractivity contribution < 1.29 is 9.59 Å². The molecule has 1 heterocycles. The van der Waals surface area contributed by atoms with E-state index in [1.807, 2.05) is 18.2 Å². The van der Waals surface area contributed by atoms with Gasteiger partial charge in [-0.1, -0.05) is 18.2 Å². The minimum Gasteiger partial charge on any atom is -0.368 e. The van der Waals surface area contributed by atoms with E-state index >= 15 is 0 Å². The molecule has 0 aromatic heterocycles. The maximum Gasteiger partial charge on any atom is 0.242 e. The van der Waals surface area contributed by atoms with Crippen LogP contribution in [0.2, 0.25) is 0 Å². The zero-order chi connectivity index (χ0) is 13.7. The van der Waals surface area contributed by atoms with Crippen molar-refractivity contribution in [1.29, 1.82) is 0 Å². The predicted molar refractivity (Wildman–Crippen MR) is 73.9 cm³/mol. The van der Waals surface area contributed by atoms with Crippen LogP contribution < -0.4 is 10.2 Å². The van der Waals surface area contributed by atoms with E-state index in [9.17, 15) is 9.59 Å². The van der Waals surface area contributed by atoms with Crippen molar-refractivity contribution in [3.8, 4) is 0 Å². The standard InChI is InChI=1S/C14H19N3O2/c1-12(18)15-11-14(19)17-9-7-16(8-10-17)13-5-3-2-4-6-13/h2-6H,7-11H2,1H3,(H,15,18). The first-order valence-electron chi connectivity index (χ1n) is 6.49. The summed E-state index contributed by atoms with van der Waals surface area (Å²) >= 11 is 0. The molecule has 0 bridgehead atoms. The van der Waals surface area contributed by atoms with E-state index in [-0.39, 0.29) is 18.4 Å². The number of benzene rings is 1. The van der Waals surface area contributed by atoms with Gasteiger partial charge in [-0.05, 0) is 12.1 Å². The second-order valence-corrected chi connectivity index (χ2v) is 4.61. The van der Waals surface area contributed by atoms with Crippen LogP contribution in [0.25, 0.3) is 0 Å². The molecular weight excluding hydrogens is 242 g/mol. The summed E-state index contributed by atoms with van der Waals surface area (Å²) in [6.07, 6.45) is 0. The van der Waals surface area contributed by atoms with Gasteiger partial charge in [0.05, 0.1) is 6.54 Å². The number of nitrogens with zero attached hydrogens (tertiary/aromatic N) is 2. The Labute approximate surface area is 113 Å². The van der Waals surface area contributed by atoms with Gasteiger partial charge in [-0.2, -0.15) is 0 Å². The van der Waals surface area contributed by atoms with E-state index in [0.29, 0.717) is 13.1 Å². The van der Waals surface area contributed by atoms with Gasteiger partial charge in [0.1, 0.15) is 0 Å². The van der Waals surface area contributed by atoms with Gasteiger partial charge in [-0.25, -0.2) is 0 Å². The number of nitrogens with one attached hydrogen (secondary N) is 1. The van der Waals surface area contributed by atoms with E-state index in [1.165, 1.54) is 12.6 Å². The molecule has 5 nitrogen and oxygen atoms in total. The van der Waals surface area contributed by atoms with Gasteiger partial charge in [0, 0.05) is 38.8 Å². The Kier molecular flexibility index (Phi) is 4.39. The quantitative estimate of drug-likeness (QED) is 0.860. The van der Waals surface area contributed by atoms with Crippen molar-refractivity contribution in [2.24, 2.45) is 0 Å². The number of carbonyl (C=O) groups is 2. The van der Waals surface area contributed by atoms with Gasteiger partial charge < -0.3 is 15.1 Å². The molecule has 0 unspecified atom stereocenters. The van der Waals surface area contributed by atoms with Crippen molar-refractivity contribution in [3.05, 3.63) is 30.3 Å². The number of para-hydroxylation sites is 1. The number of amides is 2. The smallest absolute Gasteiger partial charge is 0.242 e. The Morgan fingerprint density at radius 3 is 2.32 bits per heavy atom. The summed E-state index contributed by atoms with van der Waals surface area (Å²) in [5, 5.41) is 2.54. The van der Waals surface area contributed by atoms with Crippen LogP contribution in [0, 0.1) is 0 Å². The van der Waals surface area contributed by atoms with Gasteiger partial charge in [0.25, 0.3) is 0 Å². The molecule has 1 aromatic rings. The fourth-order valence-corrected chi connectivity index (χ4v) is 2.16. The second-order valence-electron chi connectivity index (χ2n) is 4.61. The molecule has 1 fully saturated rings. The van der Waals surface area contributed by atoms with Crippen LogP contribution in [-0.2, 0) is 9.59 Å². The molecule has 1 N–H and O–H groups in total. The fraction of sp³-hybridized carbons (Fsp3) is 0.429. The molecule has 1 aliphatic heterocycles. The molecule has 0 radical (unpaired) electrons. The van der Waals surface area contributed by atoms with Crippen molar-refractivity contribution in [1.82, 2.24) is 10.2 Å². The van der Waals surface area contributed by atoms with Crippen molar-refractivity contribution in [2.75, 3.05) is 37.6 Å². The summed E-state index contributed by atoms with van der Waals surface area (Å²) in [4.78, 5) is 26.7. The lowest BCUT2D eigenvalue weighted by Crippen LogP contribution is -2.51. The highest BCUT2D eigenvalue weighted by atomic mass is 16.2. The van der Waals surface area contributed by atoms with E-state index in [0.717, 1.165) is 13.1 Å². The third-order valence-electron chi connectivity index (χ3n) is 3.24. The molecule has 0 aliphatic carbocycles. The second kappa shape index (κ2) is 6.22. The molecular formula is C14H19N3O2. The zero-order valence-corrected chi connectivity index (χ0v) is 11.1. The van der Waals surface area contributed by atoms with Gasteiger partial charge >= 0.3 is 0 Å². The molecule has 2 rings (SSSR count). The average molecular weight is 261 g/mol. The van der Waals surface area contributed by atoms with Gasteiger partial charge in [-0.3, -0.25) is 9.59 Å². The maximum absolute atomic E-state index is 11.8. The fourth-order valence-electron chi connectivity index (χ4n) is 2.16. The minimum absolute atomic E-state index is 0.0112. The lowest BCUT2D eigenvalue weighted by molar-refractivity contribution is -0.132. The van der Waals surface area contributed by atoms with E-state index in [2.05, 4.69) is 22.3 Å². The molecule has 19 heavy (non-hydrogen) atoms. The largest absolute Gasteiger partial charge is 0.368 e. The van der Waals surface area contributed by atoms with Crippen LogP contribution in [0.1, 0.15) is 6.92 Å². The topological polar surface area (TPSA) is 52.7 Å². The number of rotatable bonds is 3. The summed E-state index contributed by atoms with van der Waals surface area (Å²) in [5.41, 5.74) is 1.19. The normalized spacial score (nSPS) is 15.2. The molecule has 0 saturated carbocycles. The number of anilines is 1. The van der Waals surface area contributed by atoms with Crippen LogP contribution in [0.4, 0.5) is 5.69 Å². The number of carbonyl (C=O) groups excluding carboxylic acids is 2. The number of piperazine rings is 1. The Morgan fingerprint density at radius 1 is 1.11 bits per heavy atom. The lowest BCUT2D eigenvalue weighted by atomic mass is 10.2. The summed E-state index contributed by atoms with van der Waals surface area (Å²) < 4.78 is 0. The molecule has 1 aromatic carbocycles. The maximum atomic E-state index is 11.8. The van der Waals surface area contributed by atoms with Gasteiger partial charge in [0.2, 0.25) is 11.8 Å². The SMILES string of the molecule is CC(=O)NCC(=O)N1CCN(c2ccccc2)CC1. The van der Waals surface area contributed by atoms with Crippen molar-refractivity contribution in [2.45, 2.75) is 6.92 Å². The van der Waals surface area contributed by atoms with Gasteiger partial charge in [0.15, 0.2) is 0 Å². The Bertz CT molecular complexity index is 439. The van der Waals surface area contributed by atoms with Crippen molar-refractivity contribution >= 4 is 17.5 Å². The lowest BCUT2D eigenvalue weighted by Gasteiger charge is -2.36. The number of hydrogen-bond acceptors (Lipinski definition) is 3. The highest BCUT2D eigenvalue weighted by Gasteiger charge is 2.20. The average Bonchev–Trinajstić information content (AvgIpc) is 2.46. The molecule has 2 amide bonds. The third kappa shape index (κ3) is 3.71. The van der Waals surface area contributed by atoms with Crippen LogP contribution in [0.5, 0.6) is 0 Å². The van der Waals surface area contributed by atoms with Crippen LogP contribution in [-0.4, -0.2) is 49.4 Å². The molecule has 0 spiro atoms. The monoisotopic (exact) mass is 261 g/mol. The van der Waals surface area contributed by atoms with E-state index in [1.54, 1.807) is 4.90 Å². The number of hydrogen-bond donors (Lipinski definition) is 1.